The van der Waals surface area contributed by atoms with Crippen molar-refractivity contribution in [1.29, 1.82) is 0 Å². The average molecular weight is 130 g/mol. The quantitative estimate of drug-likeness (QED) is 0.510. The summed E-state index contributed by atoms with van der Waals surface area (Å²) >= 11 is 0. The topological polar surface area (TPSA) is 52.0 Å². The van der Waals surface area contributed by atoms with Gasteiger partial charge in [-0.1, -0.05) is 18.5 Å². The molecule has 3 heteroatoms. The van der Waals surface area contributed by atoms with Crippen LogP contribution in [0.4, 0.5) is 0 Å². The lowest BCUT2D eigenvalue weighted by Crippen LogP contribution is -2.55. The maximum Gasteiger partial charge on any atom is 0.0825 e. The second kappa shape index (κ2) is 2.17. The molecule has 0 amide bonds. The van der Waals surface area contributed by atoms with Gasteiger partial charge >= 0.3 is 0 Å². The summed E-state index contributed by atoms with van der Waals surface area (Å²) in [6, 6.07) is 2.78. The van der Waals surface area contributed by atoms with Gasteiger partial charge in [-0.3, -0.25) is 0 Å². The molecule has 48 valence electrons. The highest BCUT2D eigenvalue weighted by Crippen LogP contribution is 2.29. The van der Waals surface area contributed by atoms with Crippen LogP contribution in [-0.2, 0) is 0 Å². The predicted molar refractivity (Wildman–Crippen MR) is 38.1 cm³/mol. The van der Waals surface area contributed by atoms with Crippen molar-refractivity contribution in [1.82, 2.24) is 0 Å². The van der Waals surface area contributed by atoms with Crippen LogP contribution in [0.25, 0.3) is 0 Å². The molecule has 1 saturated heterocycles. The fourth-order valence-electron chi connectivity index (χ4n) is 1.17. The Bertz CT molecular complexity index is 67.0. The molecule has 8 heavy (non-hydrogen) atoms. The van der Waals surface area contributed by atoms with Crippen molar-refractivity contribution in [3.05, 3.63) is 0 Å². The van der Waals surface area contributed by atoms with E-state index in [0.717, 1.165) is 12.3 Å². The molecule has 1 heterocycles. The largest absolute Gasteiger partial charge is 0.333 e. The van der Waals surface area contributed by atoms with Gasteiger partial charge in [-0.2, -0.15) is 0 Å². The fourth-order valence-corrected chi connectivity index (χ4v) is 3.51. The summed E-state index contributed by atoms with van der Waals surface area (Å²) in [6.45, 7) is 0. The molecule has 0 spiro atoms. The van der Waals surface area contributed by atoms with Gasteiger partial charge in [-0.25, -0.2) is 0 Å². The van der Waals surface area contributed by atoms with Crippen molar-refractivity contribution in [2.45, 2.75) is 18.5 Å². The van der Waals surface area contributed by atoms with Gasteiger partial charge in [-0.05, 0) is 12.3 Å². The smallest absolute Gasteiger partial charge is 0.0825 e. The van der Waals surface area contributed by atoms with Crippen LogP contribution in [0.5, 0.6) is 0 Å². The van der Waals surface area contributed by atoms with E-state index in [9.17, 15) is 0 Å². The van der Waals surface area contributed by atoms with E-state index in [1.807, 2.05) is 0 Å². The molecule has 0 aromatic rings. The van der Waals surface area contributed by atoms with E-state index in [0.29, 0.717) is 0 Å². The molecule has 0 aromatic heterocycles. The molecular formula is C5H14N2Si. The van der Waals surface area contributed by atoms with Crippen molar-refractivity contribution in [2.75, 3.05) is 12.3 Å². The number of rotatable bonds is 2. The first kappa shape index (κ1) is 6.26. The third kappa shape index (κ3) is 0.810. The van der Waals surface area contributed by atoms with Crippen LogP contribution in [0.3, 0.4) is 0 Å². The van der Waals surface area contributed by atoms with Crippen LogP contribution in [-0.4, -0.2) is 20.4 Å². The van der Waals surface area contributed by atoms with Crippen LogP contribution >= 0.6 is 0 Å². The molecule has 0 bridgehead atoms. The molecule has 0 radical (unpaired) electrons. The predicted octanol–water partition coefficient (Wildman–Crippen LogP) is -0.165. The molecule has 1 aliphatic rings. The molecule has 0 atom stereocenters. The highest BCUT2D eigenvalue weighted by Gasteiger charge is 2.36. The van der Waals surface area contributed by atoms with E-state index in [-0.39, 0.29) is 0 Å². The van der Waals surface area contributed by atoms with Gasteiger partial charge in [0.15, 0.2) is 0 Å². The second-order valence-corrected chi connectivity index (χ2v) is 7.58. The zero-order valence-electron chi connectivity index (χ0n) is 5.19. The zero-order valence-corrected chi connectivity index (χ0v) is 6.19. The lowest BCUT2D eigenvalue weighted by Gasteiger charge is -2.37. The molecule has 0 unspecified atom stereocenters. The first-order chi connectivity index (χ1) is 3.83. The van der Waals surface area contributed by atoms with Gasteiger partial charge in [0.25, 0.3) is 0 Å². The molecule has 1 aliphatic heterocycles. The first-order valence-corrected chi connectivity index (χ1v) is 6.06. The van der Waals surface area contributed by atoms with E-state index < -0.39 is 8.07 Å². The summed E-state index contributed by atoms with van der Waals surface area (Å²) in [5.74, 6) is 0. The molecule has 0 aliphatic carbocycles. The monoisotopic (exact) mass is 130 g/mol. The third-order valence-electron chi connectivity index (χ3n) is 2.28. The molecule has 4 N–H and O–H groups in total. The first-order valence-electron chi connectivity index (χ1n) is 3.23. The van der Waals surface area contributed by atoms with E-state index in [1.165, 1.54) is 18.5 Å². The molecule has 2 nitrogen and oxygen atoms in total. The summed E-state index contributed by atoms with van der Waals surface area (Å²) in [7, 11) is -0.935. The zero-order chi connectivity index (χ0) is 6.04. The Labute approximate surface area is 51.3 Å². The highest BCUT2D eigenvalue weighted by molar-refractivity contribution is 6.82. The number of nitrogens with two attached hydrogens (primary N) is 2. The van der Waals surface area contributed by atoms with Crippen LogP contribution in [0.15, 0.2) is 0 Å². The third-order valence-corrected chi connectivity index (χ3v) is 6.84. The molecule has 0 aromatic carbocycles. The lowest BCUT2D eigenvalue weighted by molar-refractivity contribution is 0.857. The van der Waals surface area contributed by atoms with E-state index in [4.69, 9.17) is 11.5 Å². The lowest BCUT2D eigenvalue weighted by atomic mass is 10.5. The summed E-state index contributed by atoms with van der Waals surface area (Å²) in [4.78, 5) is 0. The minimum absolute atomic E-state index is 0.920. The number of hydrogen-bond acceptors (Lipinski definition) is 2. The highest BCUT2D eigenvalue weighted by atomic mass is 28.3. The Morgan fingerprint density at radius 3 is 1.62 bits per heavy atom. The van der Waals surface area contributed by atoms with E-state index >= 15 is 0 Å². The van der Waals surface area contributed by atoms with E-state index in [1.54, 1.807) is 0 Å². The van der Waals surface area contributed by atoms with Crippen LogP contribution < -0.4 is 11.5 Å². The summed E-state index contributed by atoms with van der Waals surface area (Å²) in [5, 5.41) is 0. The standard InChI is InChI=1S/C5H14N2Si/c6-4-8(5-7)2-1-3-8/h1-7H2. The Morgan fingerprint density at radius 1 is 1.12 bits per heavy atom. The van der Waals surface area contributed by atoms with Gasteiger partial charge < -0.3 is 11.5 Å². The van der Waals surface area contributed by atoms with Gasteiger partial charge in [0, 0.05) is 0 Å². The van der Waals surface area contributed by atoms with Crippen molar-refractivity contribution >= 4 is 8.07 Å². The Kier molecular flexibility index (Phi) is 1.70. The van der Waals surface area contributed by atoms with Crippen LogP contribution in [0, 0.1) is 0 Å². The summed E-state index contributed by atoms with van der Waals surface area (Å²) < 4.78 is 0. The summed E-state index contributed by atoms with van der Waals surface area (Å²) in [5.41, 5.74) is 11.1. The molecule has 0 saturated carbocycles. The average Bonchev–Trinajstić information content (AvgIpc) is 1.67. The summed E-state index contributed by atoms with van der Waals surface area (Å²) in [6.07, 6.45) is 3.23. The van der Waals surface area contributed by atoms with Crippen molar-refractivity contribution in [3.63, 3.8) is 0 Å². The number of hydrogen-bond donors (Lipinski definition) is 2. The fraction of sp³-hybridized carbons (Fsp3) is 1.00. The minimum atomic E-state index is -0.935. The van der Waals surface area contributed by atoms with Crippen molar-refractivity contribution in [2.24, 2.45) is 11.5 Å². The van der Waals surface area contributed by atoms with Gasteiger partial charge in [-0.15, -0.1) is 0 Å². The Balaban J connectivity index is 2.33. The maximum atomic E-state index is 5.56. The second-order valence-electron chi connectivity index (χ2n) is 2.76. The molecular weight excluding hydrogens is 116 g/mol. The van der Waals surface area contributed by atoms with Crippen molar-refractivity contribution < 1.29 is 0 Å². The van der Waals surface area contributed by atoms with Gasteiger partial charge in [0.1, 0.15) is 0 Å². The molecule has 1 rings (SSSR count). The Hall–Kier alpha value is 0.137. The molecule has 1 fully saturated rings. The van der Waals surface area contributed by atoms with Crippen LogP contribution in [0.1, 0.15) is 6.42 Å². The minimum Gasteiger partial charge on any atom is -0.333 e. The van der Waals surface area contributed by atoms with Gasteiger partial charge in [0.2, 0.25) is 0 Å². The maximum absolute atomic E-state index is 5.56. The SMILES string of the molecule is NC[Si]1(CN)CCC1. The Morgan fingerprint density at radius 2 is 1.62 bits per heavy atom. The van der Waals surface area contributed by atoms with Gasteiger partial charge in [0.05, 0.1) is 8.07 Å². The van der Waals surface area contributed by atoms with Crippen LogP contribution in [0.2, 0.25) is 12.1 Å². The normalized spacial score (nSPS) is 24.8. The van der Waals surface area contributed by atoms with Crippen molar-refractivity contribution in [3.8, 4) is 0 Å². The van der Waals surface area contributed by atoms with E-state index in [2.05, 4.69) is 0 Å².